The van der Waals surface area contributed by atoms with Crippen molar-refractivity contribution in [1.82, 2.24) is 15.3 Å². The molecule has 1 fully saturated rings. The van der Waals surface area contributed by atoms with E-state index >= 15 is 0 Å². The number of nitrogens with two attached hydrogens (primary N) is 1. The Labute approximate surface area is 99.4 Å². The molecule has 1 aliphatic rings. The first-order chi connectivity index (χ1) is 8.26. The predicted molar refractivity (Wildman–Crippen MR) is 64.3 cm³/mol. The van der Waals surface area contributed by atoms with E-state index in [2.05, 4.69) is 20.7 Å². The van der Waals surface area contributed by atoms with Gasteiger partial charge in [-0.05, 0) is 12.8 Å². The lowest BCUT2D eigenvalue weighted by Crippen LogP contribution is -2.42. The number of nitrogens with one attached hydrogen (secondary N) is 2. The minimum absolute atomic E-state index is 0.0170. The Morgan fingerprint density at radius 1 is 1.59 bits per heavy atom. The summed E-state index contributed by atoms with van der Waals surface area (Å²) < 4.78 is 0. The van der Waals surface area contributed by atoms with Gasteiger partial charge in [-0.15, -0.1) is 0 Å². The van der Waals surface area contributed by atoms with Crippen LogP contribution in [0, 0.1) is 0 Å². The number of hydrogen-bond donors (Lipinski definition) is 3. The molecule has 0 saturated carbocycles. The number of anilines is 2. The lowest BCUT2D eigenvalue weighted by Gasteiger charge is -2.24. The predicted octanol–water partition coefficient (Wildman–Crippen LogP) is -0.523. The molecule has 1 aromatic heterocycles. The maximum absolute atomic E-state index is 11.7. The third-order valence-corrected chi connectivity index (χ3v) is 2.90. The van der Waals surface area contributed by atoms with Crippen molar-refractivity contribution in [1.29, 1.82) is 0 Å². The Balaban J connectivity index is 2.22. The smallest absolute Gasteiger partial charge is 0.242 e. The highest BCUT2D eigenvalue weighted by atomic mass is 16.2. The fourth-order valence-electron chi connectivity index (χ4n) is 2.06. The van der Waals surface area contributed by atoms with Gasteiger partial charge < -0.3 is 15.6 Å². The van der Waals surface area contributed by atoms with Gasteiger partial charge in [0.05, 0.1) is 0 Å². The van der Waals surface area contributed by atoms with Crippen molar-refractivity contribution in [2.45, 2.75) is 18.9 Å². The van der Waals surface area contributed by atoms with Gasteiger partial charge in [0.1, 0.15) is 24.0 Å². The molecule has 0 bridgehead atoms. The summed E-state index contributed by atoms with van der Waals surface area (Å²) in [4.78, 5) is 21.8. The molecule has 0 radical (unpaired) electrons. The Hall–Kier alpha value is -1.89. The van der Waals surface area contributed by atoms with Gasteiger partial charge in [0.25, 0.3) is 0 Å². The molecule has 1 amide bonds. The number of hydrazine groups is 1. The third kappa shape index (κ3) is 2.28. The van der Waals surface area contributed by atoms with Gasteiger partial charge in [-0.25, -0.2) is 15.8 Å². The first kappa shape index (κ1) is 11.6. The van der Waals surface area contributed by atoms with E-state index in [1.165, 1.54) is 6.33 Å². The van der Waals surface area contributed by atoms with Crippen LogP contribution in [0.25, 0.3) is 0 Å². The highest BCUT2D eigenvalue weighted by Crippen LogP contribution is 2.24. The summed E-state index contributed by atoms with van der Waals surface area (Å²) in [6.45, 7) is 0.819. The Kier molecular flexibility index (Phi) is 3.38. The first-order valence-corrected chi connectivity index (χ1v) is 5.53. The summed E-state index contributed by atoms with van der Waals surface area (Å²) in [5.41, 5.74) is 2.47. The molecule has 2 rings (SSSR count). The molecular formula is C10H16N6O. The van der Waals surface area contributed by atoms with Crippen molar-refractivity contribution in [3.8, 4) is 0 Å². The zero-order valence-corrected chi connectivity index (χ0v) is 9.68. The molecule has 1 aliphatic heterocycles. The van der Waals surface area contributed by atoms with Gasteiger partial charge in [0.2, 0.25) is 5.91 Å². The molecule has 0 spiro atoms. The van der Waals surface area contributed by atoms with E-state index in [1.54, 1.807) is 13.1 Å². The average molecular weight is 236 g/mol. The monoisotopic (exact) mass is 236 g/mol. The summed E-state index contributed by atoms with van der Waals surface area (Å²) in [5.74, 6) is 6.58. The van der Waals surface area contributed by atoms with E-state index in [-0.39, 0.29) is 11.9 Å². The molecule has 1 saturated heterocycles. The van der Waals surface area contributed by atoms with Crippen LogP contribution in [0.15, 0.2) is 12.4 Å². The maximum atomic E-state index is 11.7. The third-order valence-electron chi connectivity index (χ3n) is 2.90. The average Bonchev–Trinajstić information content (AvgIpc) is 2.87. The Morgan fingerprint density at radius 2 is 2.41 bits per heavy atom. The van der Waals surface area contributed by atoms with Crippen molar-refractivity contribution in [2.24, 2.45) is 5.84 Å². The van der Waals surface area contributed by atoms with E-state index < -0.39 is 0 Å². The zero-order chi connectivity index (χ0) is 12.3. The van der Waals surface area contributed by atoms with E-state index in [9.17, 15) is 4.79 Å². The summed E-state index contributed by atoms with van der Waals surface area (Å²) in [6.07, 6.45) is 3.26. The van der Waals surface area contributed by atoms with Crippen LogP contribution < -0.4 is 21.5 Å². The molecule has 7 nitrogen and oxygen atoms in total. The van der Waals surface area contributed by atoms with Crippen molar-refractivity contribution in [3.63, 3.8) is 0 Å². The van der Waals surface area contributed by atoms with E-state index in [4.69, 9.17) is 5.84 Å². The van der Waals surface area contributed by atoms with Crippen molar-refractivity contribution in [3.05, 3.63) is 12.4 Å². The van der Waals surface area contributed by atoms with Gasteiger partial charge in [-0.3, -0.25) is 4.79 Å². The summed E-state index contributed by atoms with van der Waals surface area (Å²) >= 11 is 0. The van der Waals surface area contributed by atoms with E-state index in [0.29, 0.717) is 5.82 Å². The number of carbonyl (C=O) groups excluding carboxylic acids is 1. The normalized spacial score (nSPS) is 19.2. The second-order valence-corrected chi connectivity index (χ2v) is 3.87. The standard InChI is InChI=1S/C10H16N6O/c1-12-10(17)7-3-2-4-16(7)9-5-8(15-11)13-6-14-9/h5-7H,2-4,11H2,1H3,(H,12,17)(H,13,14,15). The van der Waals surface area contributed by atoms with Gasteiger partial charge >= 0.3 is 0 Å². The zero-order valence-electron chi connectivity index (χ0n) is 9.68. The van der Waals surface area contributed by atoms with E-state index in [1.807, 2.05) is 4.90 Å². The van der Waals surface area contributed by atoms with Gasteiger partial charge in [-0.2, -0.15) is 0 Å². The van der Waals surface area contributed by atoms with Gasteiger partial charge in [0, 0.05) is 19.7 Å². The molecule has 17 heavy (non-hydrogen) atoms. The molecule has 0 aromatic carbocycles. The molecule has 2 heterocycles. The molecule has 92 valence electrons. The van der Waals surface area contributed by atoms with Crippen LogP contribution in [0.3, 0.4) is 0 Å². The largest absolute Gasteiger partial charge is 0.357 e. The fourth-order valence-corrected chi connectivity index (χ4v) is 2.06. The van der Waals surface area contributed by atoms with Crippen LogP contribution in [-0.2, 0) is 4.79 Å². The molecule has 1 unspecified atom stereocenters. The number of rotatable bonds is 3. The number of nitrogens with zero attached hydrogens (tertiary/aromatic N) is 3. The molecular weight excluding hydrogens is 220 g/mol. The Morgan fingerprint density at radius 3 is 3.12 bits per heavy atom. The van der Waals surface area contributed by atoms with Crippen LogP contribution in [0.4, 0.5) is 11.6 Å². The minimum Gasteiger partial charge on any atom is -0.357 e. The number of nitrogen functional groups attached to an aromatic ring is 1. The molecule has 4 N–H and O–H groups in total. The summed E-state index contributed by atoms with van der Waals surface area (Å²) in [7, 11) is 1.64. The first-order valence-electron chi connectivity index (χ1n) is 5.53. The molecule has 1 atom stereocenters. The Bertz CT molecular complexity index is 410. The number of carbonyl (C=O) groups is 1. The van der Waals surface area contributed by atoms with Crippen molar-refractivity contribution < 1.29 is 4.79 Å². The number of likely N-dealkylation sites (N-methyl/N-ethyl adjacent to an activating group) is 1. The summed E-state index contributed by atoms with van der Waals surface area (Å²) in [6, 6.07) is 1.59. The topological polar surface area (TPSA) is 96.2 Å². The summed E-state index contributed by atoms with van der Waals surface area (Å²) in [5, 5.41) is 2.67. The van der Waals surface area contributed by atoms with Crippen LogP contribution in [0.1, 0.15) is 12.8 Å². The van der Waals surface area contributed by atoms with Gasteiger partial charge in [-0.1, -0.05) is 0 Å². The van der Waals surface area contributed by atoms with Crippen molar-refractivity contribution >= 4 is 17.5 Å². The molecule has 0 aliphatic carbocycles. The van der Waals surface area contributed by atoms with Gasteiger partial charge in [0.15, 0.2) is 0 Å². The van der Waals surface area contributed by atoms with Crippen LogP contribution in [-0.4, -0.2) is 35.5 Å². The van der Waals surface area contributed by atoms with Crippen LogP contribution in [0.5, 0.6) is 0 Å². The lowest BCUT2D eigenvalue weighted by atomic mass is 10.2. The minimum atomic E-state index is -0.152. The molecule has 1 aromatic rings. The van der Waals surface area contributed by atoms with E-state index in [0.717, 1.165) is 25.2 Å². The second-order valence-electron chi connectivity index (χ2n) is 3.87. The SMILES string of the molecule is CNC(=O)C1CCCN1c1cc(NN)ncn1. The lowest BCUT2D eigenvalue weighted by molar-refractivity contribution is -0.121. The van der Waals surface area contributed by atoms with Crippen molar-refractivity contribution in [2.75, 3.05) is 23.9 Å². The maximum Gasteiger partial charge on any atom is 0.242 e. The number of amides is 1. The van der Waals surface area contributed by atoms with Crippen LogP contribution in [0.2, 0.25) is 0 Å². The highest BCUT2D eigenvalue weighted by molar-refractivity contribution is 5.85. The second kappa shape index (κ2) is 4.96. The highest BCUT2D eigenvalue weighted by Gasteiger charge is 2.31. The quantitative estimate of drug-likeness (QED) is 0.482. The fraction of sp³-hybridized carbons (Fsp3) is 0.500. The van der Waals surface area contributed by atoms with Crippen LogP contribution >= 0.6 is 0 Å². The molecule has 7 heteroatoms. The number of hydrogen-bond acceptors (Lipinski definition) is 6. The number of aromatic nitrogens is 2.